The fraction of sp³-hybridized carbons (Fsp3) is 0. The van der Waals surface area contributed by atoms with Crippen molar-refractivity contribution in [2.75, 3.05) is 0 Å². The second kappa shape index (κ2) is 15.4. The summed E-state index contributed by atoms with van der Waals surface area (Å²) in [6, 6.07) is 72.3. The van der Waals surface area contributed by atoms with Crippen LogP contribution in [0.25, 0.3) is 107 Å². The fourth-order valence-corrected chi connectivity index (χ4v) is 8.05. The third-order valence-corrected chi connectivity index (χ3v) is 10.9. The Hall–Kier alpha value is -8.42. The molecule has 11 aromatic rings. The molecule has 7 heteroatoms. The number of nitrogens with zero attached hydrogens (tertiary/aromatic N) is 7. The van der Waals surface area contributed by atoms with Crippen LogP contribution in [0.3, 0.4) is 0 Å². The van der Waals surface area contributed by atoms with Gasteiger partial charge in [-0.05, 0) is 35.9 Å². The van der Waals surface area contributed by atoms with E-state index in [-0.39, 0.29) is 0 Å². The van der Waals surface area contributed by atoms with Crippen LogP contribution in [0.4, 0.5) is 0 Å². The number of hydrogen-bond acceptors (Lipinski definition) is 6. The van der Waals surface area contributed by atoms with Gasteiger partial charge in [0, 0.05) is 55.4 Å². The summed E-state index contributed by atoms with van der Waals surface area (Å²) < 4.78 is 2.36. The minimum atomic E-state index is 0.555. The van der Waals surface area contributed by atoms with Crippen LogP contribution in [0.15, 0.2) is 212 Å². The predicted octanol–water partition coefficient (Wildman–Crippen LogP) is 12.8. The molecular weight excluding hydrogens is 747 g/mol. The lowest BCUT2D eigenvalue weighted by Gasteiger charge is -2.16. The molecule has 0 saturated carbocycles. The quantitative estimate of drug-likeness (QED) is 0.153. The lowest BCUT2D eigenvalue weighted by Crippen LogP contribution is -2.03. The van der Waals surface area contributed by atoms with Gasteiger partial charge < -0.3 is 4.57 Å². The molecular formula is C54H35N7. The Morgan fingerprint density at radius 2 is 0.672 bits per heavy atom. The summed E-state index contributed by atoms with van der Waals surface area (Å²) in [5.74, 6) is 3.49. The lowest BCUT2D eigenvalue weighted by atomic mass is 9.94. The maximum absolute atomic E-state index is 5.23. The topological polar surface area (TPSA) is 82.3 Å². The highest BCUT2D eigenvalue weighted by molar-refractivity contribution is 6.14. The van der Waals surface area contributed by atoms with Crippen molar-refractivity contribution in [3.05, 3.63) is 212 Å². The standard InChI is InChI=1S/C54H35N7/c1-6-19-36(20-7-1)49-55-50(37-21-8-2-9-22-37)58-53(57-49)40-33-34-45(54-59-51(38-23-10-3-11-24-38)56-52(60-54)39-25-12-4-13-26-39)46(35-40)44-31-18-30-43-42-29-16-17-32-47(42)61(48(43)44)41-27-14-5-15-28-41/h1-35H. The van der Waals surface area contributed by atoms with Crippen LogP contribution in [0.1, 0.15) is 0 Å². The minimum Gasteiger partial charge on any atom is -0.309 e. The first-order valence-corrected chi connectivity index (χ1v) is 20.2. The largest absolute Gasteiger partial charge is 0.309 e. The molecule has 8 aromatic carbocycles. The van der Waals surface area contributed by atoms with Crippen LogP contribution in [0.2, 0.25) is 0 Å². The Bertz CT molecular complexity index is 3220. The van der Waals surface area contributed by atoms with E-state index in [0.29, 0.717) is 34.9 Å². The van der Waals surface area contributed by atoms with Crippen LogP contribution < -0.4 is 0 Å². The Morgan fingerprint density at radius 3 is 1.18 bits per heavy atom. The summed E-state index contributed by atoms with van der Waals surface area (Å²) in [4.78, 5) is 30.7. The first kappa shape index (κ1) is 35.7. The third-order valence-electron chi connectivity index (χ3n) is 10.9. The zero-order valence-corrected chi connectivity index (χ0v) is 32.8. The molecule has 0 spiro atoms. The predicted molar refractivity (Wildman–Crippen MR) is 246 cm³/mol. The summed E-state index contributed by atoms with van der Waals surface area (Å²) in [6.45, 7) is 0. The average Bonchev–Trinajstić information content (AvgIpc) is 3.69. The summed E-state index contributed by atoms with van der Waals surface area (Å²) in [5.41, 5.74) is 10.5. The van der Waals surface area contributed by atoms with Crippen LogP contribution >= 0.6 is 0 Å². The molecule has 0 saturated heterocycles. The molecule has 0 aliphatic carbocycles. The van der Waals surface area contributed by atoms with Crippen LogP contribution in [-0.4, -0.2) is 34.5 Å². The number of benzene rings is 8. The van der Waals surface area contributed by atoms with E-state index in [2.05, 4.69) is 95.6 Å². The van der Waals surface area contributed by atoms with E-state index in [0.717, 1.165) is 72.0 Å². The molecule has 0 amide bonds. The van der Waals surface area contributed by atoms with Crippen molar-refractivity contribution in [2.24, 2.45) is 0 Å². The molecule has 286 valence electrons. The maximum Gasteiger partial charge on any atom is 0.164 e. The molecule has 11 rings (SSSR count). The second-order valence-corrected chi connectivity index (χ2v) is 14.7. The van der Waals surface area contributed by atoms with Gasteiger partial charge in [-0.25, -0.2) is 29.9 Å². The smallest absolute Gasteiger partial charge is 0.164 e. The number of para-hydroxylation sites is 3. The third kappa shape index (κ3) is 6.70. The van der Waals surface area contributed by atoms with Crippen molar-refractivity contribution in [3.63, 3.8) is 0 Å². The minimum absolute atomic E-state index is 0.555. The monoisotopic (exact) mass is 781 g/mol. The molecule has 7 nitrogen and oxygen atoms in total. The van der Waals surface area contributed by atoms with Crippen molar-refractivity contribution in [1.29, 1.82) is 0 Å². The molecule has 0 atom stereocenters. The lowest BCUT2D eigenvalue weighted by molar-refractivity contribution is 1.07. The Labute approximate surface area is 352 Å². The molecule has 3 aromatic heterocycles. The van der Waals surface area contributed by atoms with E-state index in [4.69, 9.17) is 29.9 Å². The molecule has 0 unspecified atom stereocenters. The SMILES string of the molecule is c1ccc(-c2nc(-c3ccccc3)nc(-c3ccc(-c4nc(-c5ccccc5)nc(-c5ccccc5)n4)c(-c4cccc5c6ccccc6n(-c6ccccc6)c45)c3)n2)cc1. The molecule has 0 N–H and O–H groups in total. The highest BCUT2D eigenvalue weighted by atomic mass is 15.0. The van der Waals surface area contributed by atoms with E-state index in [1.807, 2.05) is 121 Å². The number of aromatic nitrogens is 7. The number of hydrogen-bond donors (Lipinski definition) is 0. The van der Waals surface area contributed by atoms with Gasteiger partial charge in [0.1, 0.15) is 0 Å². The van der Waals surface area contributed by atoms with Gasteiger partial charge >= 0.3 is 0 Å². The Morgan fingerprint density at radius 1 is 0.262 bits per heavy atom. The van der Waals surface area contributed by atoms with Gasteiger partial charge in [0.25, 0.3) is 0 Å². The Kier molecular flexibility index (Phi) is 9.02. The van der Waals surface area contributed by atoms with E-state index < -0.39 is 0 Å². The van der Waals surface area contributed by atoms with Crippen LogP contribution in [-0.2, 0) is 0 Å². The first-order valence-electron chi connectivity index (χ1n) is 20.2. The van der Waals surface area contributed by atoms with Crippen molar-refractivity contribution >= 4 is 21.8 Å². The molecule has 0 bridgehead atoms. The van der Waals surface area contributed by atoms with E-state index >= 15 is 0 Å². The molecule has 3 heterocycles. The highest BCUT2D eigenvalue weighted by Crippen LogP contribution is 2.42. The summed E-state index contributed by atoms with van der Waals surface area (Å²) in [6.07, 6.45) is 0. The molecule has 0 aliphatic rings. The van der Waals surface area contributed by atoms with Gasteiger partial charge in [0.2, 0.25) is 0 Å². The van der Waals surface area contributed by atoms with Crippen molar-refractivity contribution in [3.8, 4) is 85.1 Å². The van der Waals surface area contributed by atoms with Gasteiger partial charge in [-0.3, -0.25) is 0 Å². The molecule has 0 fully saturated rings. The number of fused-ring (bicyclic) bond motifs is 3. The van der Waals surface area contributed by atoms with E-state index in [1.165, 1.54) is 0 Å². The van der Waals surface area contributed by atoms with Crippen molar-refractivity contribution in [1.82, 2.24) is 34.5 Å². The summed E-state index contributed by atoms with van der Waals surface area (Å²) in [5, 5.41) is 2.30. The van der Waals surface area contributed by atoms with E-state index in [9.17, 15) is 0 Å². The van der Waals surface area contributed by atoms with Crippen molar-refractivity contribution in [2.45, 2.75) is 0 Å². The second-order valence-electron chi connectivity index (χ2n) is 14.7. The zero-order chi connectivity index (χ0) is 40.5. The molecule has 0 radical (unpaired) electrons. The highest BCUT2D eigenvalue weighted by Gasteiger charge is 2.23. The van der Waals surface area contributed by atoms with Gasteiger partial charge in [-0.2, -0.15) is 0 Å². The molecule has 61 heavy (non-hydrogen) atoms. The fourth-order valence-electron chi connectivity index (χ4n) is 8.05. The number of rotatable bonds is 8. The Balaban J connectivity index is 1.22. The van der Waals surface area contributed by atoms with Crippen LogP contribution in [0, 0.1) is 0 Å². The van der Waals surface area contributed by atoms with Gasteiger partial charge in [-0.15, -0.1) is 0 Å². The van der Waals surface area contributed by atoms with Gasteiger partial charge in [0.05, 0.1) is 11.0 Å². The molecule has 0 aliphatic heterocycles. The van der Waals surface area contributed by atoms with E-state index in [1.54, 1.807) is 0 Å². The summed E-state index contributed by atoms with van der Waals surface area (Å²) >= 11 is 0. The normalized spacial score (nSPS) is 11.3. The zero-order valence-electron chi connectivity index (χ0n) is 32.8. The maximum atomic E-state index is 5.23. The summed E-state index contributed by atoms with van der Waals surface area (Å²) in [7, 11) is 0. The van der Waals surface area contributed by atoms with Crippen molar-refractivity contribution < 1.29 is 0 Å². The van der Waals surface area contributed by atoms with Gasteiger partial charge in [0.15, 0.2) is 34.9 Å². The average molecular weight is 782 g/mol. The van der Waals surface area contributed by atoms with Crippen LogP contribution in [0.5, 0.6) is 0 Å². The first-order chi connectivity index (χ1) is 30.2. The van der Waals surface area contributed by atoms with Gasteiger partial charge in [-0.1, -0.05) is 182 Å².